The number of ether oxygens (including phenoxy) is 1. The number of nitrogens with one attached hydrogen (secondary N) is 1. The van der Waals surface area contributed by atoms with Crippen LogP contribution in [-0.4, -0.2) is 28.0 Å². The third kappa shape index (κ3) is 5.33. The van der Waals surface area contributed by atoms with E-state index in [0.717, 1.165) is 12.1 Å². The fourth-order valence-electron chi connectivity index (χ4n) is 4.12. The van der Waals surface area contributed by atoms with Crippen molar-refractivity contribution in [1.82, 2.24) is 14.9 Å². The van der Waals surface area contributed by atoms with Gasteiger partial charge in [-0.05, 0) is 30.9 Å². The molecule has 1 fully saturated rings. The Kier molecular flexibility index (Phi) is 7.23. The summed E-state index contributed by atoms with van der Waals surface area (Å²) >= 11 is 6.11. The first-order valence-electron chi connectivity index (χ1n) is 10.9. The molecule has 1 aliphatic heterocycles. The van der Waals surface area contributed by atoms with Crippen LogP contribution in [-0.2, 0) is 4.74 Å². The monoisotopic (exact) mass is 459 g/mol. The summed E-state index contributed by atoms with van der Waals surface area (Å²) in [5, 5.41) is 12.5. The molecule has 3 aromatic rings. The maximum Gasteiger partial charge on any atom is 0.154 e. The summed E-state index contributed by atoms with van der Waals surface area (Å²) in [5.74, 6) is 0.627. The van der Waals surface area contributed by atoms with Crippen molar-refractivity contribution < 1.29 is 4.74 Å². The zero-order valence-electron chi connectivity index (χ0n) is 18.5. The normalized spacial score (nSPS) is 18.3. The number of nitriles is 1. The third-order valence-electron chi connectivity index (χ3n) is 5.81. The maximum absolute atomic E-state index is 9.15. The molecule has 1 aromatic heterocycles. The van der Waals surface area contributed by atoms with Crippen molar-refractivity contribution in [3.63, 3.8) is 0 Å². The number of benzene rings is 2. The van der Waals surface area contributed by atoms with Gasteiger partial charge in [-0.3, -0.25) is 4.99 Å². The first kappa shape index (κ1) is 22.8. The van der Waals surface area contributed by atoms with Gasteiger partial charge in [0.25, 0.3) is 0 Å². The van der Waals surface area contributed by atoms with Gasteiger partial charge in [-0.1, -0.05) is 78.8 Å². The number of halogens is 1. The highest BCUT2D eigenvalue weighted by atomic mass is 35.5. The van der Waals surface area contributed by atoms with Crippen molar-refractivity contribution in [2.45, 2.75) is 38.0 Å². The zero-order chi connectivity index (χ0) is 23.2. The lowest BCUT2D eigenvalue weighted by Crippen LogP contribution is -2.24. The minimum absolute atomic E-state index is 0.0738. The Balaban J connectivity index is 1.65. The summed E-state index contributed by atoms with van der Waals surface area (Å²) in [6.45, 7) is 6.24. The maximum atomic E-state index is 9.15. The fourth-order valence-corrected chi connectivity index (χ4v) is 4.21. The standard InChI is InChI=1S/C26H26ClN5O/c1-18-25(30-17-32(18)24-14-13-22(15-28)33-24)26(31-19(2)27)29-16-23(20-9-5-3-6-10-20)21-11-7-4-8-12-21/h3-12,17,22-24H,2,13-14,16H2,1H3,(H,29,31). The van der Waals surface area contributed by atoms with Crippen LogP contribution >= 0.6 is 11.6 Å². The highest BCUT2D eigenvalue weighted by Crippen LogP contribution is 2.30. The molecule has 0 radical (unpaired) electrons. The second-order valence-electron chi connectivity index (χ2n) is 7.96. The third-order valence-corrected chi connectivity index (χ3v) is 5.90. The van der Waals surface area contributed by atoms with E-state index in [1.54, 1.807) is 6.33 Å². The first-order valence-corrected chi connectivity index (χ1v) is 11.3. The van der Waals surface area contributed by atoms with E-state index in [0.29, 0.717) is 24.5 Å². The number of imidazole rings is 1. The van der Waals surface area contributed by atoms with Crippen molar-refractivity contribution in [3.05, 3.63) is 101 Å². The van der Waals surface area contributed by atoms with Crippen LogP contribution in [0.4, 0.5) is 0 Å². The van der Waals surface area contributed by atoms with Gasteiger partial charge in [0, 0.05) is 11.6 Å². The molecule has 0 bridgehead atoms. The molecule has 2 heterocycles. The van der Waals surface area contributed by atoms with Crippen LogP contribution in [0, 0.1) is 18.3 Å². The van der Waals surface area contributed by atoms with Crippen LogP contribution in [0.3, 0.4) is 0 Å². The molecule has 33 heavy (non-hydrogen) atoms. The van der Waals surface area contributed by atoms with Gasteiger partial charge in [0.15, 0.2) is 5.84 Å². The van der Waals surface area contributed by atoms with E-state index in [1.807, 2.05) is 47.9 Å². The average molecular weight is 460 g/mol. The lowest BCUT2D eigenvalue weighted by molar-refractivity contribution is 0.0255. The SMILES string of the molecule is C=C(Cl)NC(=NCC(c1ccccc1)c1ccccc1)c1ncn(C2CCC(C#N)O2)c1C. The van der Waals surface area contributed by atoms with E-state index in [2.05, 4.69) is 47.2 Å². The zero-order valence-corrected chi connectivity index (χ0v) is 19.2. The Morgan fingerprint density at radius 2 is 1.85 bits per heavy atom. The first-order chi connectivity index (χ1) is 16.1. The van der Waals surface area contributed by atoms with Crippen LogP contribution in [0.25, 0.3) is 0 Å². The van der Waals surface area contributed by atoms with Crippen LogP contribution in [0.1, 0.15) is 47.5 Å². The van der Waals surface area contributed by atoms with Crippen LogP contribution in [0.2, 0.25) is 0 Å². The van der Waals surface area contributed by atoms with Crippen LogP contribution in [0.5, 0.6) is 0 Å². The molecule has 0 amide bonds. The van der Waals surface area contributed by atoms with Crippen LogP contribution < -0.4 is 5.32 Å². The van der Waals surface area contributed by atoms with Gasteiger partial charge in [-0.25, -0.2) is 4.98 Å². The molecule has 2 unspecified atom stereocenters. The highest BCUT2D eigenvalue weighted by Gasteiger charge is 2.28. The lowest BCUT2D eigenvalue weighted by atomic mass is 9.91. The number of nitrogens with zero attached hydrogens (tertiary/aromatic N) is 4. The summed E-state index contributed by atoms with van der Waals surface area (Å²) in [6, 6.07) is 22.8. The number of rotatable bonds is 7. The molecule has 0 saturated carbocycles. The second-order valence-corrected chi connectivity index (χ2v) is 8.42. The van der Waals surface area contributed by atoms with Crippen molar-refractivity contribution in [2.24, 2.45) is 4.99 Å². The van der Waals surface area contributed by atoms with E-state index in [1.165, 1.54) is 11.1 Å². The molecule has 7 heteroatoms. The van der Waals surface area contributed by atoms with Crippen LogP contribution in [0.15, 0.2) is 83.7 Å². The van der Waals surface area contributed by atoms with Gasteiger partial charge in [0.2, 0.25) is 0 Å². The van der Waals surface area contributed by atoms with Gasteiger partial charge in [-0.2, -0.15) is 5.26 Å². The van der Waals surface area contributed by atoms with Gasteiger partial charge in [-0.15, -0.1) is 0 Å². The molecule has 1 aliphatic rings. The number of hydrogen-bond donors (Lipinski definition) is 1. The second kappa shape index (κ2) is 10.5. The van der Waals surface area contributed by atoms with Crippen molar-refractivity contribution in [1.29, 1.82) is 5.26 Å². The molecule has 0 aliphatic carbocycles. The van der Waals surface area contributed by atoms with Gasteiger partial charge in [0.1, 0.15) is 23.2 Å². The predicted octanol–water partition coefficient (Wildman–Crippen LogP) is 5.27. The number of aromatic nitrogens is 2. The Morgan fingerprint density at radius 1 is 1.21 bits per heavy atom. The van der Waals surface area contributed by atoms with Gasteiger partial charge >= 0.3 is 0 Å². The number of amidine groups is 1. The summed E-state index contributed by atoms with van der Waals surface area (Å²) in [4.78, 5) is 9.51. The largest absolute Gasteiger partial charge is 0.340 e. The molecular formula is C26H26ClN5O. The smallest absolute Gasteiger partial charge is 0.154 e. The molecule has 168 valence electrons. The number of aliphatic imine (C=N–C) groups is 1. The molecule has 0 spiro atoms. The molecular weight excluding hydrogens is 434 g/mol. The lowest BCUT2D eigenvalue weighted by Gasteiger charge is -2.18. The summed E-state index contributed by atoms with van der Waals surface area (Å²) in [6.07, 6.45) is 2.61. The Morgan fingerprint density at radius 3 is 2.39 bits per heavy atom. The Labute approximate surface area is 199 Å². The topological polar surface area (TPSA) is 75.2 Å². The van der Waals surface area contributed by atoms with Gasteiger partial charge < -0.3 is 14.6 Å². The fraction of sp³-hybridized carbons (Fsp3) is 0.269. The molecule has 2 atom stereocenters. The summed E-state index contributed by atoms with van der Waals surface area (Å²) in [5.41, 5.74) is 3.93. The molecule has 2 aromatic carbocycles. The van der Waals surface area contributed by atoms with E-state index in [4.69, 9.17) is 26.6 Å². The summed E-state index contributed by atoms with van der Waals surface area (Å²) < 4.78 is 7.77. The Hall–Kier alpha value is -3.40. The number of hydrogen-bond acceptors (Lipinski definition) is 4. The van der Waals surface area contributed by atoms with Crippen molar-refractivity contribution >= 4 is 17.4 Å². The average Bonchev–Trinajstić information content (AvgIpc) is 3.46. The van der Waals surface area contributed by atoms with E-state index < -0.39 is 0 Å². The molecule has 4 rings (SSSR count). The molecule has 1 N–H and O–H groups in total. The van der Waals surface area contributed by atoms with Gasteiger partial charge in [0.05, 0.1) is 18.9 Å². The molecule has 1 saturated heterocycles. The quantitative estimate of drug-likeness (QED) is 0.296. The van der Waals surface area contributed by atoms with E-state index in [9.17, 15) is 0 Å². The minimum Gasteiger partial charge on any atom is -0.340 e. The van der Waals surface area contributed by atoms with Crippen molar-refractivity contribution in [2.75, 3.05) is 6.54 Å². The summed E-state index contributed by atoms with van der Waals surface area (Å²) in [7, 11) is 0. The predicted molar refractivity (Wildman–Crippen MR) is 130 cm³/mol. The Bertz CT molecular complexity index is 1130. The minimum atomic E-state index is -0.383. The van der Waals surface area contributed by atoms with Crippen molar-refractivity contribution in [3.8, 4) is 6.07 Å². The van der Waals surface area contributed by atoms with E-state index >= 15 is 0 Å². The van der Waals surface area contributed by atoms with E-state index in [-0.39, 0.29) is 23.4 Å². The highest BCUT2D eigenvalue weighted by molar-refractivity contribution is 6.30. The molecule has 6 nitrogen and oxygen atoms in total.